The Bertz CT molecular complexity index is 945. The fourth-order valence-corrected chi connectivity index (χ4v) is 3.45. The Morgan fingerprint density at radius 2 is 1.70 bits per heavy atom. The van der Waals surface area contributed by atoms with Crippen molar-refractivity contribution < 1.29 is 14.3 Å². The third-order valence-electron chi connectivity index (χ3n) is 3.95. The van der Waals surface area contributed by atoms with E-state index in [4.69, 9.17) is 9.47 Å². The molecule has 0 saturated carbocycles. The van der Waals surface area contributed by atoms with Crippen molar-refractivity contribution in [2.75, 3.05) is 19.5 Å². The van der Waals surface area contributed by atoms with Crippen molar-refractivity contribution in [1.29, 1.82) is 0 Å². The van der Waals surface area contributed by atoms with Gasteiger partial charge in [-0.1, -0.05) is 30.0 Å². The zero-order chi connectivity index (χ0) is 19.2. The van der Waals surface area contributed by atoms with Gasteiger partial charge in [0.2, 0.25) is 0 Å². The van der Waals surface area contributed by atoms with E-state index in [-0.39, 0.29) is 5.91 Å². The molecular weight excluding hydrogens is 360 g/mol. The number of aromatic nitrogens is 1. The fourth-order valence-electron chi connectivity index (χ4n) is 2.55. The van der Waals surface area contributed by atoms with Crippen LogP contribution in [0.2, 0.25) is 0 Å². The van der Waals surface area contributed by atoms with Crippen LogP contribution in [0.3, 0.4) is 0 Å². The minimum Gasteiger partial charge on any atom is -0.493 e. The van der Waals surface area contributed by atoms with E-state index in [1.165, 1.54) is 11.8 Å². The van der Waals surface area contributed by atoms with Crippen LogP contribution in [0.15, 0.2) is 70.7 Å². The summed E-state index contributed by atoms with van der Waals surface area (Å²) in [6.07, 6.45) is 1.68. The van der Waals surface area contributed by atoms with Crippen LogP contribution in [0.1, 0.15) is 15.9 Å². The van der Waals surface area contributed by atoms with Gasteiger partial charge in [0.05, 0.1) is 19.8 Å². The highest BCUT2D eigenvalue weighted by molar-refractivity contribution is 7.99. The molecule has 1 amide bonds. The Morgan fingerprint density at radius 3 is 2.41 bits per heavy atom. The fraction of sp³-hybridized carbons (Fsp3) is 0.143. The van der Waals surface area contributed by atoms with Gasteiger partial charge in [-0.15, -0.1) is 0 Å². The van der Waals surface area contributed by atoms with E-state index in [9.17, 15) is 4.79 Å². The van der Waals surface area contributed by atoms with Crippen molar-refractivity contribution in [1.82, 2.24) is 4.98 Å². The van der Waals surface area contributed by atoms with E-state index in [1.54, 1.807) is 38.6 Å². The van der Waals surface area contributed by atoms with Gasteiger partial charge in [-0.3, -0.25) is 4.79 Å². The van der Waals surface area contributed by atoms with Gasteiger partial charge in [0.1, 0.15) is 5.03 Å². The first-order valence-electron chi connectivity index (χ1n) is 8.34. The maximum absolute atomic E-state index is 12.9. The molecule has 6 heteroatoms. The number of amides is 1. The topological polar surface area (TPSA) is 60.5 Å². The van der Waals surface area contributed by atoms with Crippen molar-refractivity contribution in [2.45, 2.75) is 16.8 Å². The molecule has 5 nitrogen and oxygen atoms in total. The van der Waals surface area contributed by atoms with E-state index in [1.807, 2.05) is 43.3 Å². The van der Waals surface area contributed by atoms with Gasteiger partial charge in [-0.2, -0.15) is 0 Å². The summed E-state index contributed by atoms with van der Waals surface area (Å²) in [6.45, 7) is 1.90. The molecule has 0 atom stereocenters. The normalized spacial score (nSPS) is 10.3. The summed E-state index contributed by atoms with van der Waals surface area (Å²) in [5.74, 6) is 0.954. The zero-order valence-corrected chi connectivity index (χ0v) is 16.2. The van der Waals surface area contributed by atoms with Gasteiger partial charge in [0.15, 0.2) is 11.5 Å². The third kappa shape index (κ3) is 4.41. The van der Waals surface area contributed by atoms with E-state index >= 15 is 0 Å². The molecule has 1 heterocycles. The van der Waals surface area contributed by atoms with E-state index < -0.39 is 0 Å². The third-order valence-corrected chi connectivity index (χ3v) is 4.98. The summed E-state index contributed by atoms with van der Waals surface area (Å²) < 4.78 is 10.6. The van der Waals surface area contributed by atoms with Crippen LogP contribution in [0.25, 0.3) is 0 Å². The second-order valence-corrected chi connectivity index (χ2v) is 6.81. The number of carbonyl (C=O) groups is 1. The van der Waals surface area contributed by atoms with Gasteiger partial charge in [-0.25, -0.2) is 4.98 Å². The van der Waals surface area contributed by atoms with Gasteiger partial charge < -0.3 is 14.8 Å². The summed E-state index contributed by atoms with van der Waals surface area (Å²) in [4.78, 5) is 18.3. The first-order chi connectivity index (χ1) is 13.1. The van der Waals surface area contributed by atoms with Gasteiger partial charge >= 0.3 is 0 Å². The van der Waals surface area contributed by atoms with Crippen molar-refractivity contribution >= 4 is 23.4 Å². The number of ether oxygens (including phenoxy) is 2. The summed E-state index contributed by atoms with van der Waals surface area (Å²) in [6, 6.07) is 16.9. The molecule has 0 aliphatic heterocycles. The first-order valence-corrected chi connectivity index (χ1v) is 9.16. The van der Waals surface area contributed by atoms with Gasteiger partial charge in [-0.05, 0) is 42.8 Å². The quantitative estimate of drug-likeness (QED) is 0.665. The predicted octanol–water partition coefficient (Wildman–Crippen LogP) is 4.81. The number of hydrogen-bond acceptors (Lipinski definition) is 5. The van der Waals surface area contributed by atoms with Crippen molar-refractivity contribution in [2.24, 2.45) is 0 Å². The predicted molar refractivity (Wildman–Crippen MR) is 107 cm³/mol. The molecule has 0 spiro atoms. The highest BCUT2D eigenvalue weighted by Gasteiger charge is 2.16. The molecule has 0 unspecified atom stereocenters. The molecule has 0 fully saturated rings. The van der Waals surface area contributed by atoms with Crippen LogP contribution >= 0.6 is 11.8 Å². The number of anilines is 1. The van der Waals surface area contributed by atoms with Crippen molar-refractivity contribution in [3.63, 3.8) is 0 Å². The minimum atomic E-state index is -0.225. The number of methoxy groups -OCH3 is 2. The van der Waals surface area contributed by atoms with Crippen LogP contribution in [-0.2, 0) is 0 Å². The van der Waals surface area contributed by atoms with Crippen LogP contribution in [-0.4, -0.2) is 25.1 Å². The average Bonchev–Trinajstić information content (AvgIpc) is 2.70. The highest BCUT2D eigenvalue weighted by atomic mass is 32.2. The van der Waals surface area contributed by atoms with E-state index in [0.717, 1.165) is 10.5 Å². The summed E-state index contributed by atoms with van der Waals surface area (Å²) in [5.41, 5.74) is 2.06. The van der Waals surface area contributed by atoms with Crippen LogP contribution in [0.5, 0.6) is 11.5 Å². The molecule has 1 N–H and O–H groups in total. The molecule has 0 bridgehead atoms. The summed E-state index contributed by atoms with van der Waals surface area (Å²) in [7, 11) is 3.15. The van der Waals surface area contributed by atoms with Crippen LogP contribution in [0.4, 0.5) is 5.69 Å². The molecule has 2 aromatic carbocycles. The van der Waals surface area contributed by atoms with Crippen molar-refractivity contribution in [3.05, 3.63) is 71.9 Å². The lowest BCUT2D eigenvalue weighted by molar-refractivity contribution is 0.102. The Hall–Kier alpha value is -2.99. The van der Waals surface area contributed by atoms with Crippen LogP contribution in [0, 0.1) is 6.92 Å². The van der Waals surface area contributed by atoms with Gasteiger partial charge in [0, 0.05) is 22.8 Å². The molecule has 0 aliphatic carbocycles. The number of aryl methyl sites for hydroxylation is 1. The van der Waals surface area contributed by atoms with E-state index in [2.05, 4.69) is 10.3 Å². The second-order valence-electron chi connectivity index (χ2n) is 5.75. The standard InChI is InChI=1S/C21H20N2O3S/c1-14-12-18(25-2)19(26-3)13-17(14)23-20(24)16-10-7-11-22-21(16)27-15-8-5-4-6-9-15/h4-13H,1-3H3,(H,23,24). The molecule has 138 valence electrons. The Kier molecular flexibility index (Phi) is 5.98. The second kappa shape index (κ2) is 8.60. The molecule has 0 radical (unpaired) electrons. The average molecular weight is 380 g/mol. The lowest BCUT2D eigenvalue weighted by Crippen LogP contribution is -2.14. The largest absolute Gasteiger partial charge is 0.493 e. The number of pyridine rings is 1. The molecule has 3 aromatic rings. The summed E-state index contributed by atoms with van der Waals surface area (Å²) >= 11 is 1.45. The zero-order valence-electron chi connectivity index (χ0n) is 15.4. The summed E-state index contributed by atoms with van der Waals surface area (Å²) in [5, 5.41) is 3.60. The Morgan fingerprint density at radius 1 is 1.00 bits per heavy atom. The number of hydrogen-bond donors (Lipinski definition) is 1. The lowest BCUT2D eigenvalue weighted by atomic mass is 10.1. The Labute approximate surface area is 162 Å². The first kappa shape index (κ1) is 18.8. The molecule has 0 saturated heterocycles. The monoisotopic (exact) mass is 380 g/mol. The smallest absolute Gasteiger partial charge is 0.258 e. The molecule has 0 aliphatic rings. The molecule has 1 aromatic heterocycles. The molecule has 3 rings (SSSR count). The Balaban J connectivity index is 1.87. The number of rotatable bonds is 6. The number of benzene rings is 2. The maximum Gasteiger partial charge on any atom is 0.258 e. The molecular formula is C21H20N2O3S. The maximum atomic E-state index is 12.9. The lowest BCUT2D eigenvalue weighted by Gasteiger charge is -2.14. The SMILES string of the molecule is COc1cc(C)c(NC(=O)c2cccnc2Sc2ccccc2)cc1OC. The number of carbonyl (C=O) groups excluding carboxylic acids is 1. The van der Waals surface area contributed by atoms with Gasteiger partial charge in [0.25, 0.3) is 5.91 Å². The van der Waals surface area contributed by atoms with Crippen LogP contribution < -0.4 is 14.8 Å². The highest BCUT2D eigenvalue weighted by Crippen LogP contribution is 2.34. The number of nitrogens with one attached hydrogen (secondary N) is 1. The number of nitrogens with zero attached hydrogens (tertiary/aromatic N) is 1. The minimum absolute atomic E-state index is 0.225. The van der Waals surface area contributed by atoms with E-state index in [0.29, 0.717) is 27.8 Å². The molecule has 27 heavy (non-hydrogen) atoms. The van der Waals surface area contributed by atoms with Crippen molar-refractivity contribution in [3.8, 4) is 11.5 Å².